The van der Waals surface area contributed by atoms with E-state index in [0.29, 0.717) is 24.5 Å². The van der Waals surface area contributed by atoms with Crippen molar-refractivity contribution in [1.82, 2.24) is 4.90 Å². The van der Waals surface area contributed by atoms with E-state index in [-0.39, 0.29) is 18.0 Å². The fourth-order valence-corrected chi connectivity index (χ4v) is 4.45. The summed E-state index contributed by atoms with van der Waals surface area (Å²) in [5.74, 6) is 0.777. The highest BCUT2D eigenvalue weighted by atomic mass is 16.5. The molecule has 0 saturated heterocycles. The van der Waals surface area contributed by atoms with Crippen LogP contribution in [0.4, 0.5) is 4.79 Å². The number of unbranched alkanes of at least 4 members (excludes halogenated alkanes) is 14. The number of nitrogens with zero attached hydrogens (tertiary/aromatic N) is 1. The lowest BCUT2D eigenvalue weighted by Crippen LogP contribution is -2.51. The second kappa shape index (κ2) is 38.3. The van der Waals surface area contributed by atoms with Gasteiger partial charge in [-0.3, -0.25) is 31.9 Å². The van der Waals surface area contributed by atoms with Crippen molar-refractivity contribution >= 4 is 29.7 Å². The maximum atomic E-state index is 11.5. The normalized spacial score (nSPS) is 10.0. The summed E-state index contributed by atoms with van der Waals surface area (Å²) in [7, 11) is 4.28. The summed E-state index contributed by atoms with van der Waals surface area (Å²) in [6.45, 7) is 4.69. The summed E-state index contributed by atoms with van der Waals surface area (Å²) in [4.78, 5) is 34.8. The van der Waals surface area contributed by atoms with E-state index < -0.39 is 0 Å². The van der Waals surface area contributed by atoms with Gasteiger partial charge >= 0.3 is 18.0 Å². The number of amides is 1. The molecule has 0 bridgehead atoms. The number of quaternary nitrogens is 1. The van der Waals surface area contributed by atoms with E-state index in [0.717, 1.165) is 96.7 Å². The van der Waals surface area contributed by atoms with Crippen LogP contribution in [0.3, 0.4) is 0 Å². The lowest BCUT2D eigenvalue weighted by atomic mass is 10.1. The molecule has 46 heavy (non-hydrogen) atoms. The molecule has 0 aromatic heterocycles. The molecule has 0 saturated carbocycles. The number of carbonyl (C=O) groups is 3. The molecule has 11 N–H and O–H groups in total. The molecule has 0 atom stereocenters. The minimum atomic E-state index is -0.200. The molecule has 0 aromatic carbocycles. The molecular weight excluding hydrogens is 588 g/mol. The summed E-state index contributed by atoms with van der Waals surface area (Å²) >= 11 is 0. The third-order valence-corrected chi connectivity index (χ3v) is 7.29. The maximum Gasteiger partial charge on any atom is 0.409 e. The lowest BCUT2D eigenvalue weighted by molar-refractivity contribution is -0.368. The summed E-state index contributed by atoms with van der Waals surface area (Å²) in [5.41, 5.74) is 14.4. The Kier molecular flexibility index (Phi) is 39.6. The maximum absolute atomic E-state index is 11.5. The van der Waals surface area contributed by atoms with Gasteiger partial charge in [-0.25, -0.2) is 4.79 Å². The highest BCUT2D eigenvalue weighted by molar-refractivity contribution is 5.74. The van der Waals surface area contributed by atoms with Crippen molar-refractivity contribution < 1.29 is 45.1 Å². The third-order valence-electron chi connectivity index (χ3n) is 7.29. The van der Waals surface area contributed by atoms with E-state index in [1.165, 1.54) is 72.7 Å². The fraction of sp³-hybridized carbons (Fsp3) is 0.853. The van der Waals surface area contributed by atoms with E-state index in [1.807, 2.05) is 0 Å². The monoisotopic (exact) mass is 662 g/mol. The average Bonchev–Trinajstić information content (AvgIpc) is 3.04. The summed E-state index contributed by atoms with van der Waals surface area (Å²) in [6, 6.07) is 0. The zero-order chi connectivity index (χ0) is 35.3. The van der Waals surface area contributed by atoms with Crippen LogP contribution in [0.2, 0.25) is 0 Å². The molecule has 272 valence electrons. The number of ether oxygens (including phenoxy) is 3. The van der Waals surface area contributed by atoms with Crippen LogP contribution < -0.4 is 28.0 Å². The Hall–Kier alpha value is -2.89. The van der Waals surface area contributed by atoms with Crippen LogP contribution in [0.15, 0.2) is 0 Å². The molecular formula is C34H73N6O6+3. The molecule has 1 amide bonds. The number of hydrogen-bond donors (Lipinski definition) is 5. The van der Waals surface area contributed by atoms with Crippen LogP contribution in [0.25, 0.3) is 0 Å². The first kappa shape index (κ1) is 47.5. The standard InChI is InChI=1S/C14H30N2O2.C11H22N2O2.C9H18N2O2/c1-3-4-5-6-7-8-9-12-16(13-10-11-15)14(17)18-2;1-15-11(14)9-7-5-3-2-4-6-8-10(12)13;1-13-9(12)7-5-3-2-4-6-8(10)11/h3-13,15H2,1-2H3;2-9H2,1H3,(H3,12,13);2-7H2,1H3,(H3,10,11)/p+3. The molecule has 0 aromatic rings. The van der Waals surface area contributed by atoms with Crippen molar-refractivity contribution in [1.29, 1.82) is 0 Å². The highest BCUT2D eigenvalue weighted by Gasteiger charge is 2.12. The van der Waals surface area contributed by atoms with Crippen molar-refractivity contribution in [3.63, 3.8) is 0 Å². The first-order valence-corrected chi connectivity index (χ1v) is 17.6. The summed E-state index contributed by atoms with van der Waals surface area (Å²) in [6.07, 6.45) is 22.9. The molecule has 12 nitrogen and oxygen atoms in total. The highest BCUT2D eigenvalue weighted by Crippen LogP contribution is 2.09. The summed E-state index contributed by atoms with van der Waals surface area (Å²) in [5, 5.41) is 10.6. The fourth-order valence-electron chi connectivity index (χ4n) is 4.45. The molecule has 0 spiro atoms. The van der Waals surface area contributed by atoms with Crippen molar-refractivity contribution in [2.24, 2.45) is 11.5 Å². The molecule has 0 heterocycles. The number of hydrogen-bond acceptors (Lipinski definition) is 6. The number of nitrogens with two attached hydrogens (primary N) is 4. The number of esters is 2. The predicted molar refractivity (Wildman–Crippen MR) is 185 cm³/mol. The zero-order valence-corrected chi connectivity index (χ0v) is 30.1. The van der Waals surface area contributed by atoms with Gasteiger partial charge in [0, 0.05) is 45.2 Å². The van der Waals surface area contributed by atoms with E-state index in [4.69, 9.17) is 27.0 Å². The Morgan fingerprint density at radius 2 is 0.891 bits per heavy atom. The molecule has 0 aliphatic carbocycles. The zero-order valence-electron chi connectivity index (χ0n) is 30.1. The molecule has 0 unspecified atom stereocenters. The SMILES string of the molecule is CCCCCCCCCN(CCC[NH3+])C(=O)OC.COC(=O)CCCCCCC(N)=[NH2+].COC(=O)CCCCCCCCC(N)=[NH2+]. The predicted octanol–water partition coefficient (Wildman–Crippen LogP) is 2.45. The Labute approximate surface area is 280 Å². The number of carbonyl (C=O) groups excluding carboxylic acids is 3. The van der Waals surface area contributed by atoms with Crippen molar-refractivity contribution in [2.75, 3.05) is 41.0 Å². The number of rotatable bonds is 27. The van der Waals surface area contributed by atoms with Crippen LogP contribution in [0, 0.1) is 0 Å². The minimum Gasteiger partial charge on any atom is -0.469 e. The first-order valence-electron chi connectivity index (χ1n) is 17.6. The Balaban J connectivity index is -0.000000612. The van der Waals surface area contributed by atoms with E-state index in [1.54, 1.807) is 4.90 Å². The van der Waals surface area contributed by atoms with Crippen molar-refractivity contribution in [3.8, 4) is 0 Å². The summed E-state index contributed by atoms with van der Waals surface area (Å²) < 4.78 is 13.9. The van der Waals surface area contributed by atoms with Gasteiger partial charge in [-0.2, -0.15) is 0 Å². The van der Waals surface area contributed by atoms with Crippen molar-refractivity contribution in [3.05, 3.63) is 0 Å². The van der Waals surface area contributed by atoms with Crippen LogP contribution in [-0.4, -0.2) is 75.6 Å². The van der Waals surface area contributed by atoms with Gasteiger partial charge in [-0.1, -0.05) is 84.0 Å². The van der Waals surface area contributed by atoms with Gasteiger partial charge in [0.1, 0.15) is 0 Å². The van der Waals surface area contributed by atoms with Gasteiger partial charge in [0.15, 0.2) is 0 Å². The van der Waals surface area contributed by atoms with Gasteiger partial charge in [-0.05, 0) is 32.1 Å². The molecule has 12 heteroatoms. The van der Waals surface area contributed by atoms with E-state index in [2.05, 4.69) is 22.1 Å². The lowest BCUT2D eigenvalue weighted by Gasteiger charge is -2.20. The largest absolute Gasteiger partial charge is 0.469 e. The van der Waals surface area contributed by atoms with Crippen LogP contribution >= 0.6 is 0 Å². The third kappa shape index (κ3) is 41.1. The minimum absolute atomic E-state index is 0.111. The number of amidine groups is 2. The average molecular weight is 662 g/mol. The van der Waals surface area contributed by atoms with Gasteiger partial charge < -0.3 is 24.8 Å². The van der Waals surface area contributed by atoms with Gasteiger partial charge in [0.25, 0.3) is 0 Å². The molecule has 0 fully saturated rings. The molecule has 0 radical (unpaired) electrons. The van der Waals surface area contributed by atoms with E-state index >= 15 is 0 Å². The van der Waals surface area contributed by atoms with E-state index in [9.17, 15) is 14.4 Å². The Bertz CT molecular complexity index is 754. The van der Waals surface area contributed by atoms with Crippen molar-refractivity contribution in [2.45, 2.75) is 148 Å². The molecule has 0 rings (SSSR count). The van der Waals surface area contributed by atoms with Gasteiger partial charge in [-0.15, -0.1) is 0 Å². The van der Waals surface area contributed by atoms with Gasteiger partial charge in [0.2, 0.25) is 11.7 Å². The topological polar surface area (TPSA) is 213 Å². The van der Waals surface area contributed by atoms with Crippen LogP contribution in [0.5, 0.6) is 0 Å². The Morgan fingerprint density at radius 1 is 0.543 bits per heavy atom. The van der Waals surface area contributed by atoms with Crippen LogP contribution in [0.1, 0.15) is 148 Å². The smallest absolute Gasteiger partial charge is 0.409 e. The van der Waals surface area contributed by atoms with Crippen LogP contribution in [-0.2, 0) is 23.8 Å². The molecule has 0 aliphatic rings. The second-order valence-electron chi connectivity index (χ2n) is 11.6. The Morgan fingerprint density at radius 3 is 1.24 bits per heavy atom. The first-order chi connectivity index (χ1) is 22.1. The van der Waals surface area contributed by atoms with Gasteiger partial charge in [0.05, 0.1) is 27.9 Å². The number of methoxy groups -OCH3 is 3. The molecule has 0 aliphatic heterocycles. The quantitative estimate of drug-likeness (QED) is 0.0289. The second-order valence-corrected chi connectivity index (χ2v) is 11.6.